The standard InChI is InChI=1S/C18H26FN.C2H6/c1-5-6-12-7-8-13(9-16(12)19)20-10-14-15(11-20)17(14)18(2,3)4;1-2/h7-9,14-15,17H,5-6,10-11H2,1-4H3;1-2H3. The number of aryl methyl sites for hydroxylation is 1. The van der Waals surface area contributed by atoms with Crippen LogP contribution in [-0.4, -0.2) is 13.1 Å². The Hall–Kier alpha value is -1.05. The molecule has 1 nitrogen and oxygen atoms in total. The van der Waals surface area contributed by atoms with Crippen molar-refractivity contribution in [3.05, 3.63) is 29.6 Å². The van der Waals surface area contributed by atoms with E-state index in [-0.39, 0.29) is 5.82 Å². The van der Waals surface area contributed by atoms with Gasteiger partial charge in [0, 0.05) is 18.8 Å². The molecule has 0 N–H and O–H groups in total. The second kappa shape index (κ2) is 6.60. The van der Waals surface area contributed by atoms with Crippen LogP contribution in [0.1, 0.15) is 53.5 Å². The first-order valence-corrected chi connectivity index (χ1v) is 8.95. The van der Waals surface area contributed by atoms with Gasteiger partial charge in [-0.15, -0.1) is 0 Å². The van der Waals surface area contributed by atoms with Crippen LogP contribution in [0.2, 0.25) is 0 Å². The Morgan fingerprint density at radius 2 is 1.73 bits per heavy atom. The first-order chi connectivity index (χ1) is 10.4. The summed E-state index contributed by atoms with van der Waals surface area (Å²) in [5.41, 5.74) is 2.35. The lowest BCUT2D eigenvalue weighted by atomic mass is 9.87. The van der Waals surface area contributed by atoms with Gasteiger partial charge in [0.2, 0.25) is 0 Å². The minimum Gasteiger partial charge on any atom is -0.371 e. The Bertz CT molecular complexity index is 491. The molecular weight excluding hydrogens is 273 g/mol. The van der Waals surface area contributed by atoms with Gasteiger partial charge in [-0.1, -0.05) is 54.0 Å². The lowest BCUT2D eigenvalue weighted by molar-refractivity contribution is 0.309. The zero-order valence-electron chi connectivity index (χ0n) is 15.1. The molecule has 2 atom stereocenters. The fourth-order valence-corrected chi connectivity index (χ4v) is 4.23. The highest BCUT2D eigenvalue weighted by Gasteiger charge is 2.59. The van der Waals surface area contributed by atoms with Gasteiger partial charge in [0.05, 0.1) is 0 Å². The molecule has 0 aromatic heterocycles. The van der Waals surface area contributed by atoms with E-state index >= 15 is 0 Å². The topological polar surface area (TPSA) is 3.24 Å². The average molecular weight is 305 g/mol. The van der Waals surface area contributed by atoms with Gasteiger partial charge in [-0.2, -0.15) is 0 Å². The van der Waals surface area contributed by atoms with Crippen LogP contribution < -0.4 is 4.90 Å². The largest absolute Gasteiger partial charge is 0.371 e. The van der Waals surface area contributed by atoms with Crippen LogP contribution in [0.3, 0.4) is 0 Å². The van der Waals surface area contributed by atoms with Gasteiger partial charge in [-0.05, 0) is 47.3 Å². The third-order valence-corrected chi connectivity index (χ3v) is 5.12. The van der Waals surface area contributed by atoms with Crippen molar-refractivity contribution in [1.29, 1.82) is 0 Å². The molecule has 124 valence electrons. The first-order valence-electron chi connectivity index (χ1n) is 8.95. The first kappa shape index (κ1) is 17.3. The molecule has 2 heteroatoms. The maximum Gasteiger partial charge on any atom is 0.128 e. The summed E-state index contributed by atoms with van der Waals surface area (Å²) in [7, 11) is 0. The molecular formula is C20H32FN. The summed E-state index contributed by atoms with van der Waals surface area (Å²) in [6.07, 6.45) is 1.83. The van der Waals surface area contributed by atoms with Crippen molar-refractivity contribution >= 4 is 5.69 Å². The summed E-state index contributed by atoms with van der Waals surface area (Å²) in [4.78, 5) is 2.37. The van der Waals surface area contributed by atoms with Crippen LogP contribution >= 0.6 is 0 Å². The maximum absolute atomic E-state index is 14.0. The van der Waals surface area contributed by atoms with Crippen LogP contribution in [0.5, 0.6) is 0 Å². The quantitative estimate of drug-likeness (QED) is 0.709. The zero-order valence-corrected chi connectivity index (χ0v) is 15.1. The second-order valence-corrected chi connectivity index (χ2v) is 7.65. The number of halogens is 1. The molecule has 0 radical (unpaired) electrons. The Morgan fingerprint density at radius 1 is 1.14 bits per heavy atom. The van der Waals surface area contributed by atoms with Crippen molar-refractivity contribution in [1.82, 2.24) is 0 Å². The zero-order chi connectivity index (χ0) is 16.5. The van der Waals surface area contributed by atoms with Gasteiger partial charge in [-0.25, -0.2) is 4.39 Å². The average Bonchev–Trinajstić information content (AvgIpc) is 3.01. The highest BCUT2D eigenvalue weighted by atomic mass is 19.1. The van der Waals surface area contributed by atoms with E-state index in [0.717, 1.165) is 54.9 Å². The normalized spacial score (nSPS) is 26.3. The lowest BCUT2D eigenvalue weighted by Gasteiger charge is -2.27. The number of benzene rings is 1. The molecule has 2 aliphatic rings. The van der Waals surface area contributed by atoms with E-state index in [0.29, 0.717) is 5.41 Å². The molecule has 0 bridgehead atoms. The predicted octanol–water partition coefficient (Wildman–Crippen LogP) is 5.53. The molecule has 3 rings (SSSR count). The van der Waals surface area contributed by atoms with Crippen molar-refractivity contribution < 1.29 is 4.39 Å². The van der Waals surface area contributed by atoms with Gasteiger partial charge in [0.1, 0.15) is 5.82 Å². The van der Waals surface area contributed by atoms with E-state index in [1.807, 2.05) is 19.9 Å². The molecule has 0 amide bonds. The van der Waals surface area contributed by atoms with Gasteiger partial charge in [0.15, 0.2) is 0 Å². The Kier molecular flexibility index (Phi) is 5.19. The summed E-state index contributed by atoms with van der Waals surface area (Å²) in [6, 6.07) is 5.81. The molecule has 1 aromatic rings. The Morgan fingerprint density at radius 3 is 2.18 bits per heavy atom. The highest BCUT2D eigenvalue weighted by molar-refractivity contribution is 5.50. The van der Waals surface area contributed by atoms with E-state index < -0.39 is 0 Å². The molecule has 2 fully saturated rings. The number of fused-ring (bicyclic) bond motifs is 1. The number of hydrogen-bond donors (Lipinski definition) is 0. The van der Waals surface area contributed by atoms with Crippen molar-refractivity contribution in [3.63, 3.8) is 0 Å². The summed E-state index contributed by atoms with van der Waals surface area (Å²) < 4.78 is 14.0. The molecule has 1 aromatic carbocycles. The number of piperidine rings is 1. The Labute approximate surface area is 135 Å². The summed E-state index contributed by atoms with van der Waals surface area (Å²) in [6.45, 7) is 15.4. The van der Waals surface area contributed by atoms with E-state index in [1.165, 1.54) is 0 Å². The van der Waals surface area contributed by atoms with E-state index in [9.17, 15) is 4.39 Å². The summed E-state index contributed by atoms with van der Waals surface area (Å²) in [5, 5.41) is 0. The predicted molar refractivity (Wildman–Crippen MR) is 93.9 cm³/mol. The van der Waals surface area contributed by atoms with Crippen molar-refractivity contribution in [3.8, 4) is 0 Å². The molecule has 1 heterocycles. The molecule has 1 aliphatic heterocycles. The number of anilines is 1. The lowest BCUT2D eigenvalue weighted by Crippen LogP contribution is -2.27. The number of hydrogen-bond acceptors (Lipinski definition) is 1. The van der Waals surface area contributed by atoms with Gasteiger partial charge >= 0.3 is 0 Å². The number of rotatable bonds is 3. The maximum atomic E-state index is 14.0. The fourth-order valence-electron chi connectivity index (χ4n) is 4.23. The second-order valence-electron chi connectivity index (χ2n) is 7.65. The highest BCUT2D eigenvalue weighted by Crippen LogP contribution is 2.60. The Balaban J connectivity index is 0.000000847. The van der Waals surface area contributed by atoms with Gasteiger partial charge in [-0.3, -0.25) is 0 Å². The fraction of sp³-hybridized carbons (Fsp3) is 0.700. The monoisotopic (exact) mass is 305 g/mol. The molecule has 1 saturated carbocycles. The smallest absolute Gasteiger partial charge is 0.128 e. The third-order valence-electron chi connectivity index (χ3n) is 5.12. The minimum absolute atomic E-state index is 0.0303. The van der Waals surface area contributed by atoms with Crippen LogP contribution in [0, 0.1) is 29.0 Å². The third kappa shape index (κ3) is 3.31. The van der Waals surface area contributed by atoms with Crippen LogP contribution in [-0.2, 0) is 6.42 Å². The summed E-state index contributed by atoms with van der Waals surface area (Å²) in [5.74, 6) is 2.49. The van der Waals surface area contributed by atoms with Crippen LogP contribution in [0.25, 0.3) is 0 Å². The molecule has 2 unspecified atom stereocenters. The molecule has 1 saturated heterocycles. The summed E-state index contributed by atoms with van der Waals surface area (Å²) >= 11 is 0. The van der Waals surface area contributed by atoms with E-state index in [1.54, 1.807) is 6.07 Å². The molecule has 22 heavy (non-hydrogen) atoms. The number of nitrogens with zero attached hydrogens (tertiary/aromatic N) is 1. The van der Waals surface area contributed by atoms with E-state index in [2.05, 4.69) is 38.7 Å². The van der Waals surface area contributed by atoms with Crippen LogP contribution in [0.4, 0.5) is 10.1 Å². The van der Waals surface area contributed by atoms with E-state index in [4.69, 9.17) is 0 Å². The molecule has 0 spiro atoms. The van der Waals surface area contributed by atoms with Crippen LogP contribution in [0.15, 0.2) is 18.2 Å². The van der Waals surface area contributed by atoms with Gasteiger partial charge in [0.25, 0.3) is 0 Å². The molecule has 1 aliphatic carbocycles. The van der Waals surface area contributed by atoms with Crippen molar-refractivity contribution in [2.75, 3.05) is 18.0 Å². The van der Waals surface area contributed by atoms with Crippen molar-refractivity contribution in [2.24, 2.45) is 23.2 Å². The van der Waals surface area contributed by atoms with Crippen molar-refractivity contribution in [2.45, 2.75) is 54.4 Å². The minimum atomic E-state index is -0.0303. The van der Waals surface area contributed by atoms with Gasteiger partial charge < -0.3 is 4.90 Å². The SMILES string of the molecule is CC.CCCc1ccc(N2CC3C(C2)C3C(C)(C)C)cc1F.